The minimum absolute atomic E-state index is 0.0770. The van der Waals surface area contributed by atoms with Gasteiger partial charge in [-0.25, -0.2) is 9.59 Å². The number of amides is 3. The van der Waals surface area contributed by atoms with Crippen LogP contribution in [0.4, 0.5) is 4.79 Å². The summed E-state index contributed by atoms with van der Waals surface area (Å²) in [5.74, 6) is -3.30. The minimum Gasteiger partial charge on any atom is -0.481 e. The molecule has 1 aliphatic heterocycles. The lowest BCUT2D eigenvalue weighted by molar-refractivity contribution is -0.145. The number of hydrogen-bond acceptors (Lipinski definition) is 4. The van der Waals surface area contributed by atoms with Crippen LogP contribution in [-0.2, 0) is 14.4 Å². The molecule has 3 amide bonds. The van der Waals surface area contributed by atoms with E-state index in [9.17, 15) is 19.2 Å². The SMILES string of the molecule is CC1(C(N)=O)CCN(C(=O)N[C@@H](CC(=O)O)C(=O)O)C1. The fourth-order valence-electron chi connectivity index (χ4n) is 1.95. The Morgan fingerprint density at radius 1 is 1.35 bits per heavy atom. The van der Waals surface area contributed by atoms with Gasteiger partial charge >= 0.3 is 18.0 Å². The molecule has 1 aliphatic rings. The average Bonchev–Trinajstić information content (AvgIpc) is 2.71. The molecule has 2 atom stereocenters. The Morgan fingerprint density at radius 2 is 1.95 bits per heavy atom. The molecule has 0 aromatic rings. The van der Waals surface area contributed by atoms with Gasteiger partial charge in [-0.05, 0) is 13.3 Å². The monoisotopic (exact) mass is 287 g/mol. The summed E-state index contributed by atoms with van der Waals surface area (Å²) in [6.07, 6.45) is -0.339. The van der Waals surface area contributed by atoms with E-state index in [4.69, 9.17) is 15.9 Å². The average molecular weight is 287 g/mol. The molecule has 1 rings (SSSR count). The van der Waals surface area contributed by atoms with E-state index in [2.05, 4.69) is 5.32 Å². The van der Waals surface area contributed by atoms with Crippen molar-refractivity contribution in [2.45, 2.75) is 25.8 Å². The van der Waals surface area contributed by atoms with Crippen LogP contribution in [-0.4, -0.2) is 58.1 Å². The van der Waals surface area contributed by atoms with E-state index >= 15 is 0 Å². The van der Waals surface area contributed by atoms with E-state index in [0.717, 1.165) is 0 Å². The van der Waals surface area contributed by atoms with Gasteiger partial charge in [0.05, 0.1) is 11.8 Å². The third-order valence-corrected chi connectivity index (χ3v) is 3.33. The molecule has 0 saturated carbocycles. The second-order valence-electron chi connectivity index (χ2n) is 5.03. The van der Waals surface area contributed by atoms with E-state index in [1.54, 1.807) is 6.92 Å². The zero-order valence-corrected chi connectivity index (χ0v) is 11.0. The Hall–Kier alpha value is -2.32. The summed E-state index contributed by atoms with van der Waals surface area (Å²) in [4.78, 5) is 45.7. The predicted octanol–water partition coefficient (Wildman–Crippen LogP) is -1.18. The summed E-state index contributed by atoms with van der Waals surface area (Å²) in [7, 11) is 0. The van der Waals surface area contributed by atoms with E-state index < -0.39 is 41.8 Å². The summed E-state index contributed by atoms with van der Waals surface area (Å²) in [6, 6.07) is -2.23. The number of carbonyl (C=O) groups excluding carboxylic acids is 2. The number of aliphatic carboxylic acids is 2. The van der Waals surface area contributed by atoms with Crippen molar-refractivity contribution < 1.29 is 29.4 Å². The first-order chi connectivity index (χ1) is 9.15. The van der Waals surface area contributed by atoms with Gasteiger partial charge in [0.1, 0.15) is 6.04 Å². The van der Waals surface area contributed by atoms with Crippen LogP contribution in [0.3, 0.4) is 0 Å². The standard InChI is InChI=1S/C11H17N3O6/c1-11(9(12)19)2-3-14(5-11)10(20)13-6(8(17)18)4-7(15)16/h6H,2-5H2,1H3,(H2,12,19)(H,13,20)(H,15,16)(H,17,18)/t6-,11?/m0/s1. The summed E-state index contributed by atoms with van der Waals surface area (Å²) >= 11 is 0. The number of nitrogens with two attached hydrogens (primary N) is 1. The number of carboxylic acid groups (broad SMARTS) is 2. The molecule has 0 spiro atoms. The first kappa shape index (κ1) is 15.7. The summed E-state index contributed by atoms with van der Waals surface area (Å²) in [5.41, 5.74) is 4.40. The third kappa shape index (κ3) is 3.59. The van der Waals surface area contributed by atoms with Gasteiger partial charge in [0.25, 0.3) is 0 Å². The maximum atomic E-state index is 11.9. The van der Waals surface area contributed by atoms with Crippen LogP contribution >= 0.6 is 0 Å². The Labute approximate surface area is 114 Å². The van der Waals surface area contributed by atoms with E-state index in [1.807, 2.05) is 0 Å². The Kier molecular flexibility index (Phi) is 4.53. The van der Waals surface area contributed by atoms with E-state index in [0.29, 0.717) is 6.42 Å². The Morgan fingerprint density at radius 3 is 2.35 bits per heavy atom. The second-order valence-corrected chi connectivity index (χ2v) is 5.03. The maximum Gasteiger partial charge on any atom is 0.326 e. The van der Waals surface area contributed by atoms with E-state index in [-0.39, 0.29) is 13.1 Å². The van der Waals surface area contributed by atoms with Gasteiger partial charge in [-0.1, -0.05) is 0 Å². The molecule has 0 radical (unpaired) electrons. The molecule has 0 aromatic carbocycles. The number of carbonyl (C=O) groups is 4. The molecule has 1 saturated heterocycles. The van der Waals surface area contributed by atoms with Crippen molar-refractivity contribution in [1.82, 2.24) is 10.2 Å². The number of carboxylic acids is 2. The normalized spacial score (nSPS) is 23.1. The smallest absolute Gasteiger partial charge is 0.326 e. The van der Waals surface area contributed by atoms with Crippen LogP contribution < -0.4 is 11.1 Å². The Balaban J connectivity index is 2.65. The van der Waals surface area contributed by atoms with Gasteiger partial charge in [0, 0.05) is 13.1 Å². The number of likely N-dealkylation sites (tertiary alicyclic amines) is 1. The molecular weight excluding hydrogens is 270 g/mol. The summed E-state index contributed by atoms with van der Waals surface area (Å²) in [6.45, 7) is 1.95. The van der Waals surface area contributed by atoms with Crippen LogP contribution in [0.2, 0.25) is 0 Å². The summed E-state index contributed by atoms with van der Waals surface area (Å²) in [5, 5.41) is 19.5. The highest BCUT2D eigenvalue weighted by Crippen LogP contribution is 2.29. The number of primary amides is 1. The highest BCUT2D eigenvalue weighted by Gasteiger charge is 2.41. The molecule has 1 fully saturated rings. The highest BCUT2D eigenvalue weighted by molar-refractivity contribution is 5.87. The molecule has 112 valence electrons. The van der Waals surface area contributed by atoms with Crippen LogP contribution in [0.15, 0.2) is 0 Å². The van der Waals surface area contributed by atoms with Gasteiger partial charge in [-0.15, -0.1) is 0 Å². The lowest BCUT2D eigenvalue weighted by Gasteiger charge is -2.22. The molecular formula is C11H17N3O6. The van der Waals surface area contributed by atoms with Crippen molar-refractivity contribution in [3.05, 3.63) is 0 Å². The van der Waals surface area contributed by atoms with Gasteiger partial charge < -0.3 is 26.2 Å². The van der Waals surface area contributed by atoms with Crippen LogP contribution in [0.5, 0.6) is 0 Å². The van der Waals surface area contributed by atoms with Gasteiger partial charge in [0.15, 0.2) is 0 Å². The van der Waals surface area contributed by atoms with Crippen molar-refractivity contribution >= 4 is 23.9 Å². The number of urea groups is 1. The molecule has 20 heavy (non-hydrogen) atoms. The summed E-state index contributed by atoms with van der Waals surface area (Å²) < 4.78 is 0. The number of nitrogens with zero attached hydrogens (tertiary/aromatic N) is 1. The topological polar surface area (TPSA) is 150 Å². The van der Waals surface area contributed by atoms with Crippen LogP contribution in [0.25, 0.3) is 0 Å². The molecule has 1 unspecified atom stereocenters. The predicted molar refractivity (Wildman–Crippen MR) is 65.7 cm³/mol. The molecule has 9 heteroatoms. The number of nitrogens with one attached hydrogen (secondary N) is 1. The minimum atomic E-state index is -1.51. The van der Waals surface area contributed by atoms with Gasteiger partial charge in [-0.2, -0.15) is 0 Å². The fraction of sp³-hybridized carbons (Fsp3) is 0.636. The first-order valence-electron chi connectivity index (χ1n) is 5.95. The van der Waals surface area contributed by atoms with Crippen molar-refractivity contribution in [3.63, 3.8) is 0 Å². The van der Waals surface area contributed by atoms with Crippen molar-refractivity contribution in [1.29, 1.82) is 0 Å². The maximum absolute atomic E-state index is 11.9. The zero-order valence-electron chi connectivity index (χ0n) is 11.0. The molecule has 9 nitrogen and oxygen atoms in total. The van der Waals surface area contributed by atoms with E-state index in [1.165, 1.54) is 4.90 Å². The fourth-order valence-corrected chi connectivity index (χ4v) is 1.95. The Bertz CT molecular complexity index is 451. The lowest BCUT2D eigenvalue weighted by Crippen LogP contribution is -2.49. The molecule has 0 bridgehead atoms. The number of hydrogen-bond donors (Lipinski definition) is 4. The third-order valence-electron chi connectivity index (χ3n) is 3.33. The van der Waals surface area contributed by atoms with Gasteiger partial charge in [0.2, 0.25) is 5.91 Å². The van der Waals surface area contributed by atoms with Crippen molar-refractivity contribution in [2.75, 3.05) is 13.1 Å². The largest absolute Gasteiger partial charge is 0.481 e. The first-order valence-corrected chi connectivity index (χ1v) is 5.95. The molecule has 5 N–H and O–H groups in total. The highest BCUT2D eigenvalue weighted by atomic mass is 16.4. The van der Waals surface area contributed by atoms with Gasteiger partial charge in [-0.3, -0.25) is 9.59 Å². The molecule has 1 heterocycles. The molecule has 0 aliphatic carbocycles. The number of rotatable bonds is 5. The second kappa shape index (κ2) is 5.76. The molecule has 0 aromatic heterocycles. The lowest BCUT2D eigenvalue weighted by atomic mass is 9.89. The van der Waals surface area contributed by atoms with Crippen LogP contribution in [0, 0.1) is 5.41 Å². The van der Waals surface area contributed by atoms with Crippen molar-refractivity contribution in [3.8, 4) is 0 Å². The van der Waals surface area contributed by atoms with Crippen molar-refractivity contribution in [2.24, 2.45) is 11.1 Å². The quantitative estimate of drug-likeness (QED) is 0.500. The zero-order chi connectivity index (χ0) is 15.5. The van der Waals surface area contributed by atoms with Crippen LogP contribution in [0.1, 0.15) is 19.8 Å².